The molecule has 0 unspecified atom stereocenters. The molecule has 3 nitrogen and oxygen atoms in total. The molecule has 0 bridgehead atoms. The summed E-state index contributed by atoms with van der Waals surface area (Å²) in [6.45, 7) is 0. The molecule has 0 saturated heterocycles. The van der Waals surface area contributed by atoms with E-state index in [2.05, 4.69) is 0 Å². The molecule has 1 heterocycles. The van der Waals surface area contributed by atoms with Crippen LogP contribution in [0.5, 0.6) is 0 Å². The Morgan fingerprint density at radius 1 is 1.04 bits per heavy atom. The number of nitriles is 1. The Morgan fingerprint density at radius 3 is 2.29 bits per heavy atom. The average molecular weight is 332 g/mol. The first-order valence-electron chi connectivity index (χ1n) is 6.76. The Balaban J connectivity index is 2.53. The van der Waals surface area contributed by atoms with Gasteiger partial charge in [-0.25, -0.2) is 4.39 Å². The molecule has 0 radical (unpaired) electrons. The largest absolute Gasteiger partial charge is 0.420 e. The lowest BCUT2D eigenvalue weighted by Gasteiger charge is -2.14. The molecule has 2 aromatic carbocycles. The van der Waals surface area contributed by atoms with Crippen molar-refractivity contribution in [3.63, 3.8) is 0 Å². The number of pyridine rings is 1. The normalized spacial score (nSPS) is 11.5. The summed E-state index contributed by atoms with van der Waals surface area (Å²) in [4.78, 5) is 13.5. The van der Waals surface area contributed by atoms with E-state index < -0.39 is 28.5 Å². The lowest BCUT2D eigenvalue weighted by Crippen LogP contribution is -2.20. The fraction of sp³-hybridized carbons (Fsp3) is 0.0588. The van der Waals surface area contributed by atoms with Crippen molar-refractivity contribution in [3.8, 4) is 17.2 Å². The van der Waals surface area contributed by atoms with Crippen LogP contribution in [0.15, 0.2) is 47.3 Å². The zero-order chi connectivity index (χ0) is 17.5. The SMILES string of the molecule is N#Cc1c(-c2ccccc2)ccc2[nH]c(=O)c(F)c(C(F)(F)F)c12. The Bertz CT molecular complexity index is 1030. The zero-order valence-corrected chi connectivity index (χ0v) is 11.9. The Kier molecular flexibility index (Phi) is 3.60. The number of benzene rings is 2. The summed E-state index contributed by atoms with van der Waals surface area (Å²) in [5.74, 6) is -1.95. The summed E-state index contributed by atoms with van der Waals surface area (Å²) >= 11 is 0. The molecule has 0 amide bonds. The van der Waals surface area contributed by atoms with E-state index in [4.69, 9.17) is 0 Å². The van der Waals surface area contributed by atoms with Crippen LogP contribution in [0.3, 0.4) is 0 Å². The lowest BCUT2D eigenvalue weighted by atomic mass is 9.94. The summed E-state index contributed by atoms with van der Waals surface area (Å²) in [7, 11) is 0. The molecule has 0 aliphatic heterocycles. The quantitative estimate of drug-likeness (QED) is 0.678. The van der Waals surface area contributed by atoms with Gasteiger partial charge in [-0.15, -0.1) is 0 Å². The van der Waals surface area contributed by atoms with Gasteiger partial charge in [-0.2, -0.15) is 18.4 Å². The van der Waals surface area contributed by atoms with Crippen molar-refractivity contribution in [2.75, 3.05) is 0 Å². The molecule has 7 heteroatoms. The van der Waals surface area contributed by atoms with Gasteiger partial charge in [-0.3, -0.25) is 4.79 Å². The van der Waals surface area contributed by atoms with Gasteiger partial charge in [0, 0.05) is 10.9 Å². The van der Waals surface area contributed by atoms with Crippen molar-refractivity contribution >= 4 is 10.9 Å². The standard InChI is InChI=1S/C17H8F4N2O/c18-15-14(17(19,20)21)13-11(8-22)10(9-4-2-1-3-5-9)6-7-12(13)23-16(15)24/h1-7H,(H,23,24). The number of fused-ring (bicyclic) bond motifs is 1. The van der Waals surface area contributed by atoms with E-state index in [1.807, 2.05) is 4.98 Å². The van der Waals surface area contributed by atoms with Crippen molar-refractivity contribution < 1.29 is 17.6 Å². The van der Waals surface area contributed by atoms with E-state index >= 15 is 0 Å². The van der Waals surface area contributed by atoms with Crippen LogP contribution in [-0.2, 0) is 6.18 Å². The van der Waals surface area contributed by atoms with Gasteiger partial charge in [0.05, 0.1) is 11.1 Å². The van der Waals surface area contributed by atoms with Crippen molar-refractivity contribution in [1.82, 2.24) is 4.98 Å². The molecular weight excluding hydrogens is 324 g/mol. The average Bonchev–Trinajstić information content (AvgIpc) is 2.54. The minimum absolute atomic E-state index is 0.225. The smallest absolute Gasteiger partial charge is 0.319 e. The number of nitrogens with zero attached hydrogens (tertiary/aromatic N) is 1. The van der Waals surface area contributed by atoms with Crippen LogP contribution in [0.25, 0.3) is 22.0 Å². The van der Waals surface area contributed by atoms with Crippen molar-refractivity contribution in [3.05, 3.63) is 69.8 Å². The maximum atomic E-state index is 13.9. The predicted molar refractivity (Wildman–Crippen MR) is 79.7 cm³/mol. The molecule has 0 atom stereocenters. The molecule has 0 aliphatic carbocycles. The molecular formula is C17H8F4N2O. The Labute approximate surface area is 132 Å². The number of hydrogen-bond acceptors (Lipinski definition) is 2. The van der Waals surface area contributed by atoms with Crippen LogP contribution in [0.2, 0.25) is 0 Å². The highest BCUT2D eigenvalue weighted by Gasteiger charge is 2.39. The maximum Gasteiger partial charge on any atom is 0.420 e. The number of nitrogens with one attached hydrogen (secondary N) is 1. The first-order valence-corrected chi connectivity index (χ1v) is 6.76. The number of halogens is 4. The van der Waals surface area contributed by atoms with E-state index in [9.17, 15) is 27.6 Å². The predicted octanol–water partition coefficient (Wildman–Crippen LogP) is 4.22. The van der Waals surface area contributed by atoms with Gasteiger partial charge in [0.2, 0.25) is 5.82 Å². The third-order valence-electron chi connectivity index (χ3n) is 3.60. The molecule has 3 aromatic rings. The van der Waals surface area contributed by atoms with Gasteiger partial charge in [0.25, 0.3) is 5.56 Å². The highest BCUT2D eigenvalue weighted by Crippen LogP contribution is 2.39. The first kappa shape index (κ1) is 15.7. The molecule has 0 saturated carbocycles. The molecule has 1 N–H and O–H groups in total. The minimum Gasteiger partial charge on any atom is -0.319 e. The van der Waals surface area contributed by atoms with Crippen molar-refractivity contribution in [1.29, 1.82) is 5.26 Å². The van der Waals surface area contributed by atoms with Crippen LogP contribution in [0.4, 0.5) is 17.6 Å². The van der Waals surface area contributed by atoms with Crippen LogP contribution < -0.4 is 5.56 Å². The zero-order valence-electron chi connectivity index (χ0n) is 11.9. The third-order valence-corrected chi connectivity index (χ3v) is 3.60. The topological polar surface area (TPSA) is 56.6 Å². The monoisotopic (exact) mass is 332 g/mol. The summed E-state index contributed by atoms with van der Waals surface area (Å²) in [5.41, 5.74) is -3.06. The van der Waals surface area contributed by atoms with Gasteiger partial charge < -0.3 is 4.98 Å². The number of hydrogen-bond donors (Lipinski definition) is 1. The van der Waals surface area contributed by atoms with Gasteiger partial charge in [-0.1, -0.05) is 36.4 Å². The Morgan fingerprint density at radius 2 is 1.71 bits per heavy atom. The summed E-state index contributed by atoms with van der Waals surface area (Å²) in [5, 5.41) is 8.75. The Hall–Kier alpha value is -3.14. The van der Waals surface area contributed by atoms with Gasteiger partial charge >= 0.3 is 6.18 Å². The van der Waals surface area contributed by atoms with Gasteiger partial charge in [-0.05, 0) is 11.6 Å². The molecule has 24 heavy (non-hydrogen) atoms. The van der Waals surface area contributed by atoms with E-state index in [1.165, 1.54) is 12.1 Å². The van der Waals surface area contributed by atoms with Crippen molar-refractivity contribution in [2.24, 2.45) is 0 Å². The van der Waals surface area contributed by atoms with E-state index in [0.29, 0.717) is 5.56 Å². The van der Waals surface area contributed by atoms with Gasteiger partial charge in [0.15, 0.2) is 0 Å². The number of alkyl halides is 3. The fourth-order valence-corrected chi connectivity index (χ4v) is 2.61. The van der Waals surface area contributed by atoms with E-state index in [-0.39, 0.29) is 16.6 Å². The van der Waals surface area contributed by atoms with E-state index in [0.717, 1.165) is 0 Å². The lowest BCUT2D eigenvalue weighted by molar-refractivity contribution is -0.138. The minimum atomic E-state index is -5.11. The molecule has 1 aromatic heterocycles. The van der Waals surface area contributed by atoms with E-state index in [1.54, 1.807) is 36.4 Å². The van der Waals surface area contributed by atoms with Crippen LogP contribution >= 0.6 is 0 Å². The highest BCUT2D eigenvalue weighted by molar-refractivity contribution is 5.94. The molecule has 0 fully saturated rings. The molecule has 0 aliphatic rings. The molecule has 0 spiro atoms. The highest BCUT2D eigenvalue weighted by atomic mass is 19.4. The van der Waals surface area contributed by atoms with Crippen LogP contribution in [-0.4, -0.2) is 4.98 Å². The molecule has 3 rings (SSSR count). The van der Waals surface area contributed by atoms with Gasteiger partial charge in [0.1, 0.15) is 11.6 Å². The summed E-state index contributed by atoms with van der Waals surface area (Å²) in [6.07, 6.45) is -5.11. The maximum absolute atomic E-state index is 13.9. The van der Waals surface area contributed by atoms with Crippen LogP contribution in [0.1, 0.15) is 11.1 Å². The number of rotatable bonds is 1. The van der Waals surface area contributed by atoms with Crippen LogP contribution in [0, 0.1) is 17.1 Å². The second kappa shape index (κ2) is 5.49. The second-order valence-electron chi connectivity index (χ2n) is 5.03. The molecule has 120 valence electrons. The van der Waals surface area contributed by atoms with Crippen molar-refractivity contribution in [2.45, 2.75) is 6.18 Å². The summed E-state index contributed by atoms with van der Waals surface area (Å²) in [6, 6.07) is 12.7. The number of aromatic nitrogens is 1. The first-order chi connectivity index (χ1) is 11.3. The second-order valence-corrected chi connectivity index (χ2v) is 5.03. The number of H-pyrrole nitrogens is 1. The summed E-state index contributed by atoms with van der Waals surface area (Å²) < 4.78 is 53.8. The fourth-order valence-electron chi connectivity index (χ4n) is 2.61. The number of aromatic amines is 1. The third kappa shape index (κ3) is 2.42.